The molecule has 1 unspecified atom stereocenters. The van der Waals surface area contributed by atoms with Crippen LogP contribution in [0.2, 0.25) is 0 Å². The Balaban J connectivity index is 1.70. The Morgan fingerprint density at radius 1 is 1.09 bits per heavy atom. The van der Waals surface area contributed by atoms with Crippen LogP contribution in [0.25, 0.3) is 0 Å². The van der Waals surface area contributed by atoms with Gasteiger partial charge in [0.05, 0.1) is 24.7 Å². The van der Waals surface area contributed by atoms with E-state index in [4.69, 9.17) is 41.9 Å². The molecule has 1 saturated carbocycles. The lowest BCUT2D eigenvalue weighted by molar-refractivity contribution is -0.303. The van der Waals surface area contributed by atoms with Crippen molar-refractivity contribution in [2.24, 2.45) is 22.9 Å². The van der Waals surface area contributed by atoms with Crippen LogP contribution in [0.15, 0.2) is 11.8 Å². The fourth-order valence-electron chi connectivity index (χ4n) is 4.57. The Bertz CT molecular complexity index is 666. The van der Waals surface area contributed by atoms with Gasteiger partial charge < -0.3 is 62.5 Å². The Morgan fingerprint density at radius 3 is 2.25 bits per heavy atom. The van der Waals surface area contributed by atoms with Gasteiger partial charge in [-0.15, -0.1) is 0 Å². The molecule has 2 fully saturated rings. The van der Waals surface area contributed by atoms with Crippen LogP contribution in [0.1, 0.15) is 26.7 Å². The number of hydrogen-bond acceptors (Lipinski definition) is 12. The zero-order chi connectivity index (χ0) is 23.8. The lowest BCUT2D eigenvalue weighted by Gasteiger charge is -2.48. The van der Waals surface area contributed by atoms with E-state index in [-0.39, 0.29) is 12.6 Å². The molecular weight excluding hydrogens is 422 g/mol. The Morgan fingerprint density at radius 2 is 1.69 bits per heavy atom. The molecule has 12 N–H and O–H groups in total. The second-order valence-electron chi connectivity index (χ2n) is 9.33. The van der Waals surface area contributed by atoms with E-state index >= 15 is 0 Å². The van der Waals surface area contributed by atoms with Crippen LogP contribution >= 0.6 is 0 Å². The van der Waals surface area contributed by atoms with Crippen molar-refractivity contribution in [3.05, 3.63) is 11.8 Å². The quantitative estimate of drug-likeness (QED) is 0.194. The average molecular weight is 462 g/mol. The van der Waals surface area contributed by atoms with Gasteiger partial charge >= 0.3 is 0 Å². The van der Waals surface area contributed by atoms with Gasteiger partial charge in [-0.1, -0.05) is 0 Å². The molecule has 0 aromatic carbocycles. The third-order valence-electron chi connectivity index (χ3n) is 6.43. The van der Waals surface area contributed by atoms with Gasteiger partial charge in [-0.25, -0.2) is 0 Å². The molecule has 12 nitrogen and oxygen atoms in total. The normalized spacial score (nSPS) is 48.6. The van der Waals surface area contributed by atoms with Gasteiger partial charge in [-0.3, -0.25) is 0 Å². The zero-order valence-corrected chi connectivity index (χ0v) is 18.8. The van der Waals surface area contributed by atoms with E-state index < -0.39 is 66.8 Å². The summed E-state index contributed by atoms with van der Waals surface area (Å²) < 4.78 is 23.2. The summed E-state index contributed by atoms with van der Waals surface area (Å²) >= 11 is 0. The molecule has 0 amide bonds. The summed E-state index contributed by atoms with van der Waals surface area (Å²) in [4.78, 5) is 0. The molecular formula is C20H39N5O7. The van der Waals surface area contributed by atoms with Crippen molar-refractivity contribution in [1.82, 2.24) is 5.32 Å². The maximum atomic E-state index is 11.1. The summed E-state index contributed by atoms with van der Waals surface area (Å²) in [5, 5.41) is 35.0. The Hall–Kier alpha value is -0.900. The summed E-state index contributed by atoms with van der Waals surface area (Å²) in [6, 6.07) is -2.72. The van der Waals surface area contributed by atoms with E-state index in [9.17, 15) is 15.3 Å². The maximum Gasteiger partial charge on any atom is 0.215 e. The minimum absolute atomic E-state index is 0.0745. The van der Waals surface area contributed by atoms with Gasteiger partial charge in [-0.05, 0) is 39.8 Å². The largest absolute Gasteiger partial charge is 0.466 e. The second-order valence-corrected chi connectivity index (χ2v) is 9.33. The molecule has 32 heavy (non-hydrogen) atoms. The van der Waals surface area contributed by atoms with Gasteiger partial charge in [-0.2, -0.15) is 0 Å². The van der Waals surface area contributed by atoms with Gasteiger partial charge in [0.25, 0.3) is 0 Å². The van der Waals surface area contributed by atoms with E-state index in [0.29, 0.717) is 18.6 Å². The van der Waals surface area contributed by atoms with Crippen molar-refractivity contribution in [2.75, 3.05) is 13.7 Å². The summed E-state index contributed by atoms with van der Waals surface area (Å²) in [7, 11) is 1.62. The molecule has 0 aromatic heterocycles. The summed E-state index contributed by atoms with van der Waals surface area (Å²) in [6.07, 6.45) is -3.60. The highest BCUT2D eigenvalue weighted by Crippen LogP contribution is 2.31. The molecule has 2 aliphatic heterocycles. The van der Waals surface area contributed by atoms with Crippen LogP contribution in [0.4, 0.5) is 0 Å². The fraction of sp³-hybridized carbons (Fsp3) is 0.900. The molecule has 0 spiro atoms. The second kappa shape index (κ2) is 10.2. The van der Waals surface area contributed by atoms with Gasteiger partial charge in [0.15, 0.2) is 6.29 Å². The molecule has 186 valence electrons. The first kappa shape index (κ1) is 25.7. The van der Waals surface area contributed by atoms with Crippen molar-refractivity contribution < 1.29 is 34.3 Å². The highest BCUT2D eigenvalue weighted by molar-refractivity contribution is 5.07. The fourth-order valence-corrected chi connectivity index (χ4v) is 4.57. The number of likely N-dealkylation sites (N-methyl/N-ethyl adjacent to an activating group) is 1. The maximum absolute atomic E-state index is 11.1. The molecule has 1 saturated heterocycles. The number of hydrogen-bond donors (Lipinski definition) is 8. The van der Waals surface area contributed by atoms with E-state index in [1.165, 1.54) is 0 Å². The van der Waals surface area contributed by atoms with Crippen molar-refractivity contribution in [3.63, 3.8) is 0 Å². The lowest BCUT2D eigenvalue weighted by Crippen LogP contribution is -2.68. The standard InChI is InChI=1S/C20H39N5O7/c1-8(21)12-5-4-9(22)18(30-12)31-15-10(23)6-11(24)16(13(15)26)32-19-14(27)17(25-3)20(2,28)7-29-19/h5,8-11,13-19,25-28H,4,6-7,21-24H2,1-3H3/t8?,9-,10+,11-,13+,14-,15-,16+,17-,18-,19-,20+/m1/s1. The zero-order valence-electron chi connectivity index (χ0n) is 18.8. The molecule has 1 aliphatic carbocycles. The number of rotatable bonds is 6. The Kier molecular flexibility index (Phi) is 8.16. The van der Waals surface area contributed by atoms with Crippen molar-refractivity contribution >= 4 is 0 Å². The average Bonchev–Trinajstić information content (AvgIpc) is 2.71. The van der Waals surface area contributed by atoms with E-state index in [1.807, 2.05) is 6.08 Å². The van der Waals surface area contributed by atoms with Gasteiger partial charge in [0.1, 0.15) is 35.8 Å². The third kappa shape index (κ3) is 5.26. The SMILES string of the molecule is CN[C@@H]1[C@@H](O)[C@@H](O[C@@H]2[C@@H](O)[C@H](O[C@H]3OC(C(C)N)=CC[C@H]3N)[C@@H](N)C[C@H]2N)OC[C@]1(C)O. The van der Waals surface area contributed by atoms with Gasteiger partial charge in [0.2, 0.25) is 6.29 Å². The number of nitrogens with one attached hydrogen (secondary N) is 1. The number of ether oxygens (including phenoxy) is 4. The molecule has 12 atom stereocenters. The first-order valence-electron chi connectivity index (χ1n) is 11.0. The number of nitrogens with two attached hydrogens (primary N) is 4. The molecule has 0 radical (unpaired) electrons. The van der Waals surface area contributed by atoms with E-state index in [2.05, 4.69) is 5.32 Å². The first-order valence-corrected chi connectivity index (χ1v) is 11.0. The van der Waals surface area contributed by atoms with Crippen LogP contribution in [-0.2, 0) is 18.9 Å². The van der Waals surface area contributed by atoms with Crippen molar-refractivity contribution in [2.45, 2.75) is 99.5 Å². The van der Waals surface area contributed by atoms with Crippen LogP contribution in [0, 0.1) is 0 Å². The van der Waals surface area contributed by atoms with E-state index in [0.717, 1.165) is 0 Å². The van der Waals surface area contributed by atoms with Crippen molar-refractivity contribution in [3.8, 4) is 0 Å². The monoisotopic (exact) mass is 461 g/mol. The lowest BCUT2D eigenvalue weighted by atomic mass is 9.84. The molecule has 3 aliphatic rings. The van der Waals surface area contributed by atoms with Crippen LogP contribution in [0.5, 0.6) is 0 Å². The first-order chi connectivity index (χ1) is 15.0. The minimum Gasteiger partial charge on any atom is -0.466 e. The van der Waals surface area contributed by atoms with E-state index in [1.54, 1.807) is 20.9 Å². The summed E-state index contributed by atoms with van der Waals surface area (Å²) in [6.45, 7) is 3.26. The topological polar surface area (TPSA) is 214 Å². The van der Waals surface area contributed by atoms with Crippen LogP contribution < -0.4 is 28.3 Å². The minimum atomic E-state index is -1.30. The van der Waals surface area contributed by atoms with Crippen LogP contribution in [-0.4, -0.2) is 102 Å². The molecule has 0 bridgehead atoms. The molecule has 12 heteroatoms. The predicted molar refractivity (Wildman–Crippen MR) is 115 cm³/mol. The third-order valence-corrected chi connectivity index (χ3v) is 6.43. The summed E-state index contributed by atoms with van der Waals surface area (Å²) in [5.41, 5.74) is 23.2. The molecule has 2 heterocycles. The van der Waals surface area contributed by atoms with Gasteiger partial charge in [0, 0.05) is 12.1 Å². The highest BCUT2D eigenvalue weighted by Gasteiger charge is 2.50. The molecule has 3 rings (SSSR count). The highest BCUT2D eigenvalue weighted by atomic mass is 16.7. The molecule has 0 aromatic rings. The predicted octanol–water partition coefficient (Wildman–Crippen LogP) is -3.46. The Labute approximate surface area is 188 Å². The smallest absolute Gasteiger partial charge is 0.215 e. The van der Waals surface area contributed by atoms with Crippen LogP contribution in [0.3, 0.4) is 0 Å². The summed E-state index contributed by atoms with van der Waals surface area (Å²) in [5.74, 6) is 0.559. The number of aliphatic hydroxyl groups is 3. The van der Waals surface area contributed by atoms with Crippen molar-refractivity contribution in [1.29, 1.82) is 0 Å². The number of aliphatic hydroxyl groups excluding tert-OH is 2.